The number of carbonyl (C=O) groups is 2. The molecule has 0 bridgehead atoms. The van der Waals surface area contributed by atoms with Crippen molar-refractivity contribution in [3.8, 4) is 5.75 Å². The fourth-order valence-corrected chi connectivity index (χ4v) is 1.20. The van der Waals surface area contributed by atoms with Crippen LogP contribution in [0, 0.1) is 0 Å². The fraction of sp³-hybridized carbons (Fsp3) is 0.308. The van der Waals surface area contributed by atoms with Crippen molar-refractivity contribution in [1.29, 1.82) is 0 Å². The number of amides is 2. The largest absolute Gasteiger partial charge is 0.494 e. The molecule has 0 heterocycles. The standard InChI is InChI=1S/C13H17N3O3/c1-3-8-19-11-6-4-10(5-7-11)9-15-16-13(18)12(17)14-2/h4-7,9H,3,8H2,1-2H3,(H,14,17)(H,16,18)/b15-9+. The van der Waals surface area contributed by atoms with Gasteiger partial charge in [0.1, 0.15) is 5.75 Å². The van der Waals surface area contributed by atoms with Crippen molar-refractivity contribution in [2.45, 2.75) is 13.3 Å². The minimum Gasteiger partial charge on any atom is -0.494 e. The van der Waals surface area contributed by atoms with Crippen molar-refractivity contribution < 1.29 is 14.3 Å². The summed E-state index contributed by atoms with van der Waals surface area (Å²) in [5.74, 6) is -0.754. The molecule has 6 nitrogen and oxygen atoms in total. The zero-order valence-corrected chi connectivity index (χ0v) is 11.0. The van der Waals surface area contributed by atoms with Gasteiger partial charge in [-0.1, -0.05) is 6.92 Å². The minimum absolute atomic E-state index is 0.676. The molecule has 0 unspecified atom stereocenters. The average molecular weight is 263 g/mol. The van der Waals surface area contributed by atoms with E-state index in [-0.39, 0.29) is 0 Å². The molecule has 19 heavy (non-hydrogen) atoms. The Balaban J connectivity index is 2.48. The molecule has 102 valence electrons. The highest BCUT2D eigenvalue weighted by molar-refractivity contribution is 6.34. The number of hydrazone groups is 1. The number of benzene rings is 1. The van der Waals surface area contributed by atoms with E-state index in [0.717, 1.165) is 17.7 Å². The van der Waals surface area contributed by atoms with Gasteiger partial charge in [0.25, 0.3) is 0 Å². The Labute approximate surface area is 111 Å². The molecule has 1 rings (SSSR count). The second-order valence-corrected chi connectivity index (χ2v) is 3.70. The molecular formula is C13H17N3O3. The molecule has 0 spiro atoms. The van der Waals surface area contributed by atoms with E-state index in [9.17, 15) is 9.59 Å². The highest BCUT2D eigenvalue weighted by Gasteiger charge is 2.08. The maximum absolute atomic E-state index is 11.1. The monoisotopic (exact) mass is 263 g/mol. The predicted molar refractivity (Wildman–Crippen MR) is 72.0 cm³/mol. The van der Waals surface area contributed by atoms with E-state index in [2.05, 4.69) is 15.8 Å². The van der Waals surface area contributed by atoms with Gasteiger partial charge in [-0.25, -0.2) is 5.43 Å². The number of nitrogens with zero attached hydrogens (tertiary/aromatic N) is 1. The number of carbonyl (C=O) groups excluding carboxylic acids is 2. The van der Waals surface area contributed by atoms with Gasteiger partial charge in [-0.2, -0.15) is 5.10 Å². The molecule has 6 heteroatoms. The van der Waals surface area contributed by atoms with E-state index < -0.39 is 11.8 Å². The molecule has 0 fully saturated rings. The van der Waals surface area contributed by atoms with Crippen molar-refractivity contribution in [2.75, 3.05) is 13.7 Å². The summed E-state index contributed by atoms with van der Waals surface area (Å²) in [6, 6.07) is 7.25. The Hall–Kier alpha value is -2.37. The van der Waals surface area contributed by atoms with Crippen molar-refractivity contribution in [1.82, 2.24) is 10.7 Å². The van der Waals surface area contributed by atoms with Gasteiger partial charge in [-0.3, -0.25) is 9.59 Å². The molecule has 0 atom stereocenters. The topological polar surface area (TPSA) is 79.8 Å². The van der Waals surface area contributed by atoms with Crippen LogP contribution in [0.25, 0.3) is 0 Å². The van der Waals surface area contributed by atoms with Crippen LogP contribution in [0.15, 0.2) is 29.4 Å². The molecular weight excluding hydrogens is 246 g/mol. The lowest BCUT2D eigenvalue weighted by molar-refractivity contribution is -0.138. The first-order valence-corrected chi connectivity index (χ1v) is 5.95. The van der Waals surface area contributed by atoms with Gasteiger partial charge < -0.3 is 10.1 Å². The number of hydrogen-bond acceptors (Lipinski definition) is 4. The second kappa shape index (κ2) is 7.86. The van der Waals surface area contributed by atoms with Gasteiger partial charge >= 0.3 is 11.8 Å². The van der Waals surface area contributed by atoms with Crippen LogP contribution in [-0.2, 0) is 9.59 Å². The van der Waals surface area contributed by atoms with Crippen molar-refractivity contribution in [2.24, 2.45) is 5.10 Å². The summed E-state index contributed by atoms with van der Waals surface area (Å²) >= 11 is 0. The van der Waals surface area contributed by atoms with Crippen LogP contribution in [0.5, 0.6) is 5.75 Å². The molecule has 2 N–H and O–H groups in total. The summed E-state index contributed by atoms with van der Waals surface area (Å²) in [4.78, 5) is 22.0. The molecule has 0 aromatic heterocycles. The first kappa shape index (κ1) is 14.7. The maximum atomic E-state index is 11.1. The van der Waals surface area contributed by atoms with Crippen molar-refractivity contribution in [3.05, 3.63) is 29.8 Å². The van der Waals surface area contributed by atoms with E-state index >= 15 is 0 Å². The SMILES string of the molecule is CCCOc1ccc(/C=N/NC(=O)C(=O)NC)cc1. The van der Waals surface area contributed by atoms with E-state index in [0.29, 0.717) is 6.61 Å². The van der Waals surface area contributed by atoms with Gasteiger partial charge in [-0.15, -0.1) is 0 Å². The Bertz CT molecular complexity index is 455. The van der Waals surface area contributed by atoms with E-state index in [1.807, 2.05) is 19.1 Å². The minimum atomic E-state index is -0.804. The van der Waals surface area contributed by atoms with Crippen molar-refractivity contribution in [3.63, 3.8) is 0 Å². The number of ether oxygens (including phenoxy) is 1. The van der Waals surface area contributed by atoms with Gasteiger partial charge in [0.05, 0.1) is 12.8 Å². The quantitative estimate of drug-likeness (QED) is 0.465. The lowest BCUT2D eigenvalue weighted by atomic mass is 10.2. The maximum Gasteiger partial charge on any atom is 0.329 e. The van der Waals surface area contributed by atoms with Crippen LogP contribution in [0.4, 0.5) is 0 Å². The zero-order valence-electron chi connectivity index (χ0n) is 11.0. The van der Waals surface area contributed by atoms with Gasteiger partial charge in [-0.05, 0) is 36.2 Å². The van der Waals surface area contributed by atoms with E-state index in [1.165, 1.54) is 13.3 Å². The summed E-state index contributed by atoms with van der Waals surface area (Å²) in [6.45, 7) is 2.71. The highest BCUT2D eigenvalue weighted by atomic mass is 16.5. The molecule has 0 aliphatic carbocycles. The first-order chi connectivity index (χ1) is 9.17. The van der Waals surface area contributed by atoms with Gasteiger partial charge in [0, 0.05) is 7.05 Å². The Morgan fingerprint density at radius 1 is 1.26 bits per heavy atom. The molecule has 0 saturated carbocycles. The Morgan fingerprint density at radius 3 is 2.53 bits per heavy atom. The molecule has 0 aliphatic rings. The average Bonchev–Trinajstić information content (AvgIpc) is 2.45. The number of nitrogens with one attached hydrogen (secondary N) is 2. The van der Waals surface area contributed by atoms with E-state index in [4.69, 9.17) is 4.74 Å². The molecule has 0 aliphatic heterocycles. The Morgan fingerprint density at radius 2 is 1.95 bits per heavy atom. The Kier molecular flexibility index (Phi) is 6.08. The summed E-state index contributed by atoms with van der Waals surface area (Å²) < 4.78 is 5.43. The van der Waals surface area contributed by atoms with E-state index in [1.54, 1.807) is 12.1 Å². The summed E-state index contributed by atoms with van der Waals surface area (Å²) in [5, 5.41) is 5.88. The second-order valence-electron chi connectivity index (χ2n) is 3.70. The van der Waals surface area contributed by atoms with Crippen LogP contribution in [0.1, 0.15) is 18.9 Å². The fourth-order valence-electron chi connectivity index (χ4n) is 1.20. The highest BCUT2D eigenvalue weighted by Crippen LogP contribution is 2.11. The number of rotatable bonds is 5. The zero-order chi connectivity index (χ0) is 14.1. The van der Waals surface area contributed by atoms with Crippen LogP contribution in [0.2, 0.25) is 0 Å². The summed E-state index contributed by atoms with van der Waals surface area (Å²) in [6.07, 6.45) is 2.40. The lowest BCUT2D eigenvalue weighted by Crippen LogP contribution is -2.35. The van der Waals surface area contributed by atoms with Gasteiger partial charge in [0.15, 0.2) is 0 Å². The van der Waals surface area contributed by atoms with Crippen LogP contribution >= 0.6 is 0 Å². The van der Waals surface area contributed by atoms with Crippen LogP contribution in [0.3, 0.4) is 0 Å². The predicted octanol–water partition coefficient (Wildman–Crippen LogP) is 0.671. The molecule has 1 aromatic rings. The van der Waals surface area contributed by atoms with Crippen LogP contribution < -0.4 is 15.5 Å². The summed E-state index contributed by atoms with van der Waals surface area (Å²) in [7, 11) is 1.38. The van der Waals surface area contributed by atoms with Gasteiger partial charge in [0.2, 0.25) is 0 Å². The molecule has 1 aromatic carbocycles. The molecule has 0 radical (unpaired) electrons. The normalized spacial score (nSPS) is 10.2. The molecule has 0 saturated heterocycles. The first-order valence-electron chi connectivity index (χ1n) is 5.95. The smallest absolute Gasteiger partial charge is 0.329 e. The number of likely N-dealkylation sites (N-methyl/N-ethyl adjacent to an activating group) is 1. The third-order valence-electron chi connectivity index (χ3n) is 2.17. The van der Waals surface area contributed by atoms with Crippen molar-refractivity contribution >= 4 is 18.0 Å². The third kappa shape index (κ3) is 5.20. The lowest BCUT2D eigenvalue weighted by Gasteiger charge is -2.03. The summed E-state index contributed by atoms with van der Waals surface area (Å²) in [5.41, 5.74) is 2.91. The number of hydrogen-bond donors (Lipinski definition) is 2. The molecule has 2 amide bonds. The van der Waals surface area contributed by atoms with Crippen LogP contribution in [-0.4, -0.2) is 31.7 Å². The third-order valence-corrected chi connectivity index (χ3v) is 2.17.